The molecule has 0 saturated heterocycles. The number of rotatable bonds is 4. The molecule has 0 radical (unpaired) electrons. The average molecular weight is 843 g/mol. The molecule has 0 bridgehead atoms. The Bertz CT molecular complexity index is 4350. The van der Waals surface area contributed by atoms with Gasteiger partial charge in [0.05, 0.1) is 5.39 Å². The molecular weight excluding hydrogens is 809 g/mol. The van der Waals surface area contributed by atoms with E-state index in [4.69, 9.17) is 17.7 Å². The van der Waals surface area contributed by atoms with Crippen LogP contribution in [-0.2, 0) is 6.42 Å². The summed E-state index contributed by atoms with van der Waals surface area (Å²) in [6.07, 6.45) is 6.24. The third-order valence-electron chi connectivity index (χ3n) is 14.0. The van der Waals surface area contributed by atoms with Crippen molar-refractivity contribution in [3.05, 3.63) is 199 Å². The highest BCUT2D eigenvalue weighted by Gasteiger charge is 2.27. The van der Waals surface area contributed by atoms with E-state index in [1.807, 2.05) is 30.3 Å². The van der Waals surface area contributed by atoms with E-state index < -0.39 is 0 Å². The standard InChI is InChI=1S/C62H34O4/c1-3-18-38-36(16-1)55(48-33-31-41(58-46-21-7-11-28-52(46)65-61(48)58)40-23-14-30-54-57(40)45-20-6-10-27-51(45)63-54)37-17-2-4-19-39(37)56(38)49-34-32-42(59-47-22-8-12-29-53(47)66-62(49)59)44-25-13-24-43-35-15-5-9-26-50(35)64-60(43)44/h1-5,8-19,22-34H,6,20H2. The summed E-state index contributed by atoms with van der Waals surface area (Å²) < 4.78 is 27.1. The molecular formula is C62H34O4. The lowest BCUT2D eigenvalue weighted by molar-refractivity contribution is 0.595. The molecule has 66 heavy (non-hydrogen) atoms. The highest BCUT2D eigenvalue weighted by molar-refractivity contribution is 6.29. The Balaban J connectivity index is 1.02. The van der Waals surface area contributed by atoms with Crippen molar-refractivity contribution in [2.45, 2.75) is 12.8 Å². The average Bonchev–Trinajstić information content (AvgIpc) is 4.16. The fourth-order valence-electron chi connectivity index (χ4n) is 11.3. The van der Waals surface area contributed by atoms with Crippen LogP contribution in [0.3, 0.4) is 0 Å². The van der Waals surface area contributed by atoms with E-state index in [2.05, 4.69) is 164 Å². The molecule has 306 valence electrons. The summed E-state index contributed by atoms with van der Waals surface area (Å²) in [5.74, 6) is 0.949. The van der Waals surface area contributed by atoms with Gasteiger partial charge >= 0.3 is 0 Å². The van der Waals surface area contributed by atoms with Gasteiger partial charge < -0.3 is 17.7 Å². The minimum absolute atomic E-state index is 0.776. The van der Waals surface area contributed by atoms with Gasteiger partial charge in [0.2, 0.25) is 0 Å². The van der Waals surface area contributed by atoms with Crippen LogP contribution >= 0.6 is 0 Å². The van der Waals surface area contributed by atoms with Crippen molar-refractivity contribution in [3.8, 4) is 44.5 Å². The predicted octanol–water partition coefficient (Wildman–Crippen LogP) is 17.7. The summed E-state index contributed by atoms with van der Waals surface area (Å²) in [4.78, 5) is 0. The molecule has 4 aromatic heterocycles. The van der Waals surface area contributed by atoms with E-state index in [1.54, 1.807) is 0 Å². The zero-order valence-corrected chi connectivity index (χ0v) is 35.4. The minimum atomic E-state index is 0.776. The predicted molar refractivity (Wildman–Crippen MR) is 270 cm³/mol. The number of hydrogen-bond acceptors (Lipinski definition) is 4. The quantitative estimate of drug-likeness (QED) is 0.166. The van der Waals surface area contributed by atoms with Crippen LogP contribution in [0.1, 0.15) is 17.7 Å². The molecule has 0 atom stereocenters. The number of aryl methyl sites for hydroxylation is 1. The lowest BCUT2D eigenvalue weighted by atomic mass is 9.83. The van der Waals surface area contributed by atoms with Crippen LogP contribution < -0.4 is 0 Å². The second-order valence-corrected chi connectivity index (χ2v) is 17.5. The number of allylic oxidation sites excluding steroid dienone is 1. The molecule has 0 amide bonds. The zero-order chi connectivity index (χ0) is 43.0. The van der Waals surface area contributed by atoms with Crippen LogP contribution in [0.15, 0.2) is 194 Å². The summed E-state index contributed by atoms with van der Waals surface area (Å²) >= 11 is 0. The summed E-state index contributed by atoms with van der Waals surface area (Å²) in [5.41, 5.74) is 15.8. The highest BCUT2D eigenvalue weighted by atomic mass is 16.3. The Morgan fingerprint density at radius 1 is 0.364 bits per heavy atom. The summed E-state index contributed by atoms with van der Waals surface area (Å²) in [6, 6.07) is 66.7. The van der Waals surface area contributed by atoms with Crippen LogP contribution in [0, 0.1) is 12.1 Å². The molecule has 14 aromatic rings. The fraction of sp³-hybridized carbons (Fsp3) is 0.0323. The van der Waals surface area contributed by atoms with Crippen molar-refractivity contribution in [1.29, 1.82) is 0 Å². The monoisotopic (exact) mass is 842 g/mol. The topological polar surface area (TPSA) is 52.6 Å². The molecule has 0 fully saturated rings. The molecule has 4 heteroatoms. The van der Waals surface area contributed by atoms with Crippen molar-refractivity contribution < 1.29 is 17.7 Å². The van der Waals surface area contributed by atoms with Crippen LogP contribution in [0.2, 0.25) is 0 Å². The molecule has 0 unspecified atom stereocenters. The number of furan rings is 4. The third-order valence-corrected chi connectivity index (χ3v) is 14.0. The van der Waals surface area contributed by atoms with Crippen LogP contribution in [0.5, 0.6) is 0 Å². The molecule has 0 aliphatic heterocycles. The Morgan fingerprint density at radius 2 is 0.894 bits per heavy atom. The number of para-hydroxylation sites is 3. The first kappa shape index (κ1) is 35.7. The molecule has 4 heterocycles. The van der Waals surface area contributed by atoms with E-state index in [1.165, 1.54) is 5.56 Å². The Hall–Kier alpha value is -8.78. The third kappa shape index (κ3) is 4.84. The summed E-state index contributed by atoms with van der Waals surface area (Å²) in [6.45, 7) is 0. The first-order valence-corrected chi connectivity index (χ1v) is 22.5. The Kier molecular flexibility index (Phi) is 7.22. The van der Waals surface area contributed by atoms with Gasteiger partial charge in [-0.2, -0.15) is 0 Å². The van der Waals surface area contributed by atoms with Crippen LogP contribution in [0.25, 0.3) is 149 Å². The highest BCUT2D eigenvalue weighted by Crippen LogP contribution is 2.52. The molecule has 10 aromatic carbocycles. The van der Waals surface area contributed by atoms with E-state index >= 15 is 0 Å². The normalized spacial score (nSPS) is 12.8. The molecule has 0 saturated carbocycles. The van der Waals surface area contributed by atoms with Crippen molar-refractivity contribution in [3.63, 3.8) is 0 Å². The van der Waals surface area contributed by atoms with Gasteiger partial charge in [0.25, 0.3) is 0 Å². The lowest BCUT2D eigenvalue weighted by Crippen LogP contribution is -1.93. The van der Waals surface area contributed by atoms with Gasteiger partial charge in [-0.1, -0.05) is 146 Å². The minimum Gasteiger partial charge on any atom is -0.456 e. The smallest absolute Gasteiger partial charge is 0.144 e. The van der Waals surface area contributed by atoms with Crippen molar-refractivity contribution in [1.82, 2.24) is 0 Å². The van der Waals surface area contributed by atoms with E-state index in [-0.39, 0.29) is 0 Å². The largest absolute Gasteiger partial charge is 0.456 e. The summed E-state index contributed by atoms with van der Waals surface area (Å²) in [7, 11) is 0. The maximum atomic E-state index is 7.03. The van der Waals surface area contributed by atoms with Gasteiger partial charge in [-0.25, -0.2) is 0 Å². The van der Waals surface area contributed by atoms with Gasteiger partial charge in [0, 0.05) is 65.7 Å². The number of fused-ring (bicyclic) bond motifs is 14. The summed E-state index contributed by atoms with van der Waals surface area (Å²) in [5, 5.41) is 11.9. The van der Waals surface area contributed by atoms with E-state index in [9.17, 15) is 0 Å². The first-order valence-electron chi connectivity index (χ1n) is 22.5. The molecule has 1 aliphatic carbocycles. The van der Waals surface area contributed by atoms with E-state index in [0.29, 0.717) is 0 Å². The Morgan fingerprint density at radius 3 is 1.64 bits per heavy atom. The van der Waals surface area contributed by atoms with Crippen molar-refractivity contribution in [2.24, 2.45) is 0 Å². The van der Waals surface area contributed by atoms with Gasteiger partial charge in [0.1, 0.15) is 44.8 Å². The van der Waals surface area contributed by atoms with Gasteiger partial charge in [-0.3, -0.25) is 0 Å². The van der Waals surface area contributed by atoms with Crippen LogP contribution in [-0.4, -0.2) is 0 Å². The van der Waals surface area contributed by atoms with Gasteiger partial charge in [-0.05, 0) is 99.6 Å². The molecule has 1 aliphatic rings. The fourth-order valence-corrected chi connectivity index (χ4v) is 11.3. The molecule has 0 spiro atoms. The molecule has 4 nitrogen and oxygen atoms in total. The van der Waals surface area contributed by atoms with Gasteiger partial charge in [0.15, 0.2) is 0 Å². The van der Waals surface area contributed by atoms with E-state index in [0.717, 1.165) is 161 Å². The van der Waals surface area contributed by atoms with Gasteiger partial charge in [-0.15, -0.1) is 0 Å². The zero-order valence-electron chi connectivity index (χ0n) is 35.4. The SMILES string of the molecule is c1ccc2oc3c(-c4c5ccccc5c(-c5ccc(-c6cccc7c6oc6ccccc67)c6c5oc5ccccc56)c5ccccc45)ccc(-c4cccc5oc6c(c45)CCC=C6)c3c2c#1. The van der Waals surface area contributed by atoms with Crippen molar-refractivity contribution >= 4 is 104 Å². The maximum Gasteiger partial charge on any atom is 0.144 e. The number of hydrogen-bond donors (Lipinski definition) is 0. The molecule has 15 rings (SSSR count). The number of benzene rings is 9. The lowest BCUT2D eigenvalue weighted by Gasteiger charge is -2.19. The molecule has 0 N–H and O–H groups in total. The second kappa shape index (κ2) is 13.4. The second-order valence-electron chi connectivity index (χ2n) is 17.5. The Labute approximate surface area is 377 Å². The van der Waals surface area contributed by atoms with Crippen molar-refractivity contribution in [2.75, 3.05) is 0 Å². The first-order chi connectivity index (χ1) is 32.8. The maximum absolute atomic E-state index is 7.03. The van der Waals surface area contributed by atoms with Crippen LogP contribution in [0.4, 0.5) is 0 Å².